The third kappa shape index (κ3) is 5.49. The number of rotatable bonds is 6. The lowest BCUT2D eigenvalue weighted by Gasteiger charge is -2.31. The van der Waals surface area contributed by atoms with E-state index < -0.39 is 0 Å². The van der Waals surface area contributed by atoms with Crippen LogP contribution in [0.3, 0.4) is 0 Å². The SMILES string of the molecule is CC(C)CC(CNC(=O)C1NCCCC1C)N(C)C. The molecule has 4 nitrogen and oxygen atoms in total. The lowest BCUT2D eigenvalue weighted by atomic mass is 9.92. The number of nitrogens with zero attached hydrogens (tertiary/aromatic N) is 1. The van der Waals surface area contributed by atoms with Gasteiger partial charge in [0.15, 0.2) is 0 Å². The van der Waals surface area contributed by atoms with Gasteiger partial charge in [-0.1, -0.05) is 20.8 Å². The molecule has 112 valence electrons. The Morgan fingerprint density at radius 3 is 2.63 bits per heavy atom. The molecule has 0 spiro atoms. The average molecular weight is 269 g/mol. The van der Waals surface area contributed by atoms with Gasteiger partial charge in [0.25, 0.3) is 0 Å². The van der Waals surface area contributed by atoms with Crippen LogP contribution >= 0.6 is 0 Å². The minimum atomic E-state index is -0.00406. The Morgan fingerprint density at radius 1 is 1.42 bits per heavy atom. The maximum atomic E-state index is 12.2. The first-order valence-corrected chi connectivity index (χ1v) is 7.59. The lowest BCUT2D eigenvalue weighted by Crippen LogP contribution is -2.53. The van der Waals surface area contributed by atoms with Crippen LogP contribution in [-0.4, -0.2) is 50.1 Å². The fraction of sp³-hybridized carbons (Fsp3) is 0.933. The van der Waals surface area contributed by atoms with Gasteiger partial charge < -0.3 is 15.5 Å². The van der Waals surface area contributed by atoms with Crippen molar-refractivity contribution in [3.05, 3.63) is 0 Å². The van der Waals surface area contributed by atoms with Crippen LogP contribution in [-0.2, 0) is 4.79 Å². The van der Waals surface area contributed by atoms with E-state index in [9.17, 15) is 4.79 Å². The highest BCUT2D eigenvalue weighted by Gasteiger charge is 2.27. The van der Waals surface area contributed by atoms with Crippen molar-refractivity contribution in [2.45, 2.75) is 52.1 Å². The molecule has 1 aliphatic heterocycles. The monoisotopic (exact) mass is 269 g/mol. The van der Waals surface area contributed by atoms with Crippen LogP contribution in [0.25, 0.3) is 0 Å². The molecule has 2 N–H and O–H groups in total. The first kappa shape index (κ1) is 16.4. The molecule has 0 aliphatic carbocycles. The maximum Gasteiger partial charge on any atom is 0.237 e. The molecule has 1 fully saturated rings. The Balaban J connectivity index is 2.42. The van der Waals surface area contributed by atoms with Gasteiger partial charge in [-0.3, -0.25) is 4.79 Å². The standard InChI is InChI=1S/C15H31N3O/c1-11(2)9-13(18(4)5)10-17-15(19)14-12(3)7-6-8-16-14/h11-14,16H,6-10H2,1-5H3,(H,17,19). The van der Waals surface area contributed by atoms with E-state index >= 15 is 0 Å². The zero-order valence-corrected chi connectivity index (χ0v) is 13.2. The Kier molecular flexibility index (Phi) is 6.80. The van der Waals surface area contributed by atoms with Crippen molar-refractivity contribution in [3.63, 3.8) is 0 Å². The van der Waals surface area contributed by atoms with Crippen molar-refractivity contribution >= 4 is 5.91 Å². The van der Waals surface area contributed by atoms with Gasteiger partial charge in [-0.25, -0.2) is 0 Å². The van der Waals surface area contributed by atoms with Gasteiger partial charge >= 0.3 is 0 Å². The molecule has 0 radical (unpaired) electrons. The van der Waals surface area contributed by atoms with Gasteiger partial charge in [0, 0.05) is 12.6 Å². The quantitative estimate of drug-likeness (QED) is 0.767. The van der Waals surface area contributed by atoms with Crippen LogP contribution < -0.4 is 10.6 Å². The Morgan fingerprint density at radius 2 is 2.11 bits per heavy atom. The predicted molar refractivity (Wildman–Crippen MR) is 80.1 cm³/mol. The highest BCUT2D eigenvalue weighted by atomic mass is 16.2. The molecule has 1 saturated heterocycles. The van der Waals surface area contributed by atoms with Crippen LogP contribution in [0.5, 0.6) is 0 Å². The third-order valence-corrected chi connectivity index (χ3v) is 4.04. The van der Waals surface area contributed by atoms with Crippen molar-refractivity contribution in [3.8, 4) is 0 Å². The molecule has 0 saturated carbocycles. The first-order chi connectivity index (χ1) is 8.91. The van der Waals surface area contributed by atoms with E-state index in [1.807, 2.05) is 0 Å². The summed E-state index contributed by atoms with van der Waals surface area (Å²) in [5.74, 6) is 1.26. The van der Waals surface area contributed by atoms with E-state index in [1.54, 1.807) is 0 Å². The normalized spacial score (nSPS) is 25.6. The fourth-order valence-electron chi connectivity index (χ4n) is 2.75. The minimum Gasteiger partial charge on any atom is -0.353 e. The molecule has 1 rings (SSSR count). The number of likely N-dealkylation sites (N-methyl/N-ethyl adjacent to an activating group) is 1. The highest BCUT2D eigenvalue weighted by Crippen LogP contribution is 2.15. The Hall–Kier alpha value is -0.610. The molecule has 0 aromatic rings. The molecule has 0 aromatic heterocycles. The molecule has 3 unspecified atom stereocenters. The van der Waals surface area contributed by atoms with Crippen molar-refractivity contribution < 1.29 is 4.79 Å². The summed E-state index contributed by atoms with van der Waals surface area (Å²) in [5.41, 5.74) is 0. The topological polar surface area (TPSA) is 44.4 Å². The van der Waals surface area contributed by atoms with E-state index in [4.69, 9.17) is 0 Å². The molecule has 0 bridgehead atoms. The van der Waals surface area contributed by atoms with Crippen molar-refractivity contribution in [2.24, 2.45) is 11.8 Å². The minimum absolute atomic E-state index is 0.00406. The highest BCUT2D eigenvalue weighted by molar-refractivity contribution is 5.82. The maximum absolute atomic E-state index is 12.2. The van der Waals surface area contributed by atoms with Crippen LogP contribution in [0.4, 0.5) is 0 Å². The molecular weight excluding hydrogens is 238 g/mol. The van der Waals surface area contributed by atoms with Crippen molar-refractivity contribution in [2.75, 3.05) is 27.2 Å². The lowest BCUT2D eigenvalue weighted by molar-refractivity contribution is -0.125. The van der Waals surface area contributed by atoms with Crippen LogP contribution in [0.15, 0.2) is 0 Å². The zero-order chi connectivity index (χ0) is 14.4. The predicted octanol–water partition coefficient (Wildman–Crippen LogP) is 1.47. The molecule has 3 atom stereocenters. The van der Waals surface area contributed by atoms with E-state index in [2.05, 4.69) is 50.4 Å². The van der Waals surface area contributed by atoms with Crippen molar-refractivity contribution in [1.82, 2.24) is 15.5 Å². The number of carbonyl (C=O) groups excluding carboxylic acids is 1. The van der Waals surface area contributed by atoms with E-state index in [1.165, 1.54) is 6.42 Å². The van der Waals surface area contributed by atoms with Gasteiger partial charge in [0.2, 0.25) is 5.91 Å². The third-order valence-electron chi connectivity index (χ3n) is 4.04. The van der Waals surface area contributed by atoms with E-state index in [0.29, 0.717) is 17.9 Å². The second-order valence-electron chi connectivity index (χ2n) is 6.54. The summed E-state index contributed by atoms with van der Waals surface area (Å²) < 4.78 is 0. The van der Waals surface area contributed by atoms with Crippen LogP contribution in [0, 0.1) is 11.8 Å². The van der Waals surface area contributed by atoms with Gasteiger partial charge in [-0.05, 0) is 51.7 Å². The second kappa shape index (κ2) is 7.85. The molecule has 0 aromatic carbocycles. The second-order valence-corrected chi connectivity index (χ2v) is 6.54. The average Bonchev–Trinajstić information content (AvgIpc) is 2.34. The number of hydrogen-bond donors (Lipinski definition) is 2. The summed E-state index contributed by atoms with van der Waals surface area (Å²) >= 11 is 0. The smallest absolute Gasteiger partial charge is 0.237 e. The molecule has 1 aliphatic rings. The summed E-state index contributed by atoms with van der Waals surface area (Å²) in [5, 5.41) is 6.46. The molecule has 4 heteroatoms. The summed E-state index contributed by atoms with van der Waals surface area (Å²) in [6.45, 7) is 8.32. The van der Waals surface area contributed by atoms with Gasteiger partial charge in [0.05, 0.1) is 6.04 Å². The van der Waals surface area contributed by atoms with E-state index in [0.717, 1.165) is 25.9 Å². The van der Waals surface area contributed by atoms with Gasteiger partial charge in [0.1, 0.15) is 0 Å². The van der Waals surface area contributed by atoms with Gasteiger partial charge in [-0.2, -0.15) is 0 Å². The number of nitrogens with one attached hydrogen (secondary N) is 2. The van der Waals surface area contributed by atoms with Crippen molar-refractivity contribution in [1.29, 1.82) is 0 Å². The van der Waals surface area contributed by atoms with Crippen LogP contribution in [0.1, 0.15) is 40.0 Å². The number of hydrogen-bond acceptors (Lipinski definition) is 3. The Labute approximate surface area is 118 Å². The molecule has 1 heterocycles. The number of amides is 1. The summed E-state index contributed by atoms with van der Waals surface area (Å²) in [4.78, 5) is 14.4. The molecular formula is C15H31N3O. The first-order valence-electron chi connectivity index (χ1n) is 7.59. The van der Waals surface area contributed by atoms with E-state index in [-0.39, 0.29) is 11.9 Å². The summed E-state index contributed by atoms with van der Waals surface area (Å²) in [6, 6.07) is 0.415. The van der Waals surface area contributed by atoms with Gasteiger partial charge in [-0.15, -0.1) is 0 Å². The number of carbonyl (C=O) groups is 1. The Bertz CT molecular complexity index is 279. The fourth-order valence-corrected chi connectivity index (χ4v) is 2.75. The summed E-state index contributed by atoms with van der Waals surface area (Å²) in [6.07, 6.45) is 3.44. The largest absolute Gasteiger partial charge is 0.353 e. The zero-order valence-electron chi connectivity index (χ0n) is 13.2. The molecule has 19 heavy (non-hydrogen) atoms. The van der Waals surface area contributed by atoms with Crippen LogP contribution in [0.2, 0.25) is 0 Å². The summed E-state index contributed by atoms with van der Waals surface area (Å²) in [7, 11) is 4.17. The number of piperidine rings is 1. The molecule has 1 amide bonds.